The highest BCUT2D eigenvalue weighted by Crippen LogP contribution is 2.13. The topological polar surface area (TPSA) is 105 Å². The second-order valence-corrected chi connectivity index (χ2v) is 5.04. The van der Waals surface area contributed by atoms with Crippen LogP contribution in [0.2, 0.25) is 0 Å². The molecule has 21 heavy (non-hydrogen) atoms. The molecule has 1 saturated heterocycles. The van der Waals surface area contributed by atoms with Crippen LogP contribution in [0.1, 0.15) is 17.5 Å². The van der Waals surface area contributed by atoms with E-state index < -0.39 is 11.9 Å². The minimum absolute atomic E-state index is 0.215. The summed E-state index contributed by atoms with van der Waals surface area (Å²) in [7, 11) is 0. The van der Waals surface area contributed by atoms with Gasteiger partial charge in [-0.05, 0) is 24.1 Å². The Morgan fingerprint density at radius 2 is 2.33 bits per heavy atom. The van der Waals surface area contributed by atoms with Gasteiger partial charge in [-0.1, -0.05) is 12.1 Å². The van der Waals surface area contributed by atoms with Gasteiger partial charge in [0.15, 0.2) is 0 Å². The summed E-state index contributed by atoms with van der Waals surface area (Å²) < 4.78 is 5.16. The van der Waals surface area contributed by atoms with Gasteiger partial charge in [0.05, 0.1) is 24.2 Å². The molecule has 0 radical (unpaired) electrons. The van der Waals surface area contributed by atoms with Crippen molar-refractivity contribution in [3.8, 4) is 6.07 Å². The quantitative estimate of drug-likeness (QED) is 0.801. The molecule has 2 amide bonds. The number of ether oxygens (including phenoxy) is 1. The summed E-state index contributed by atoms with van der Waals surface area (Å²) >= 11 is 0. The van der Waals surface area contributed by atoms with Crippen LogP contribution in [0.15, 0.2) is 24.3 Å². The average Bonchev–Trinajstić information content (AvgIpc) is 3.01. The molecular weight excluding hydrogens is 270 g/mol. The maximum Gasteiger partial charge on any atom is 0.240 e. The highest BCUT2D eigenvalue weighted by molar-refractivity contribution is 5.87. The molecule has 6 heteroatoms. The molecule has 1 aliphatic rings. The highest BCUT2D eigenvalue weighted by atomic mass is 16.5. The molecule has 1 heterocycles. The van der Waals surface area contributed by atoms with Gasteiger partial charge >= 0.3 is 0 Å². The van der Waals surface area contributed by atoms with Gasteiger partial charge in [-0.25, -0.2) is 0 Å². The molecule has 2 atom stereocenters. The summed E-state index contributed by atoms with van der Waals surface area (Å²) in [5, 5.41) is 11.5. The van der Waals surface area contributed by atoms with E-state index in [1.807, 2.05) is 6.07 Å². The van der Waals surface area contributed by atoms with E-state index in [9.17, 15) is 9.59 Å². The molecule has 1 aromatic carbocycles. The number of nitrogens with two attached hydrogens (primary N) is 1. The molecule has 1 aliphatic heterocycles. The van der Waals surface area contributed by atoms with E-state index >= 15 is 0 Å². The Labute approximate surface area is 122 Å². The number of rotatable bonds is 5. The lowest BCUT2D eigenvalue weighted by molar-refractivity contribution is -0.129. The minimum Gasteiger partial charge on any atom is -0.381 e. The minimum atomic E-state index is -0.785. The van der Waals surface area contributed by atoms with Crippen molar-refractivity contribution in [1.29, 1.82) is 5.26 Å². The normalized spacial score (nSPS) is 18.7. The van der Waals surface area contributed by atoms with Crippen molar-refractivity contribution >= 4 is 11.8 Å². The first-order chi connectivity index (χ1) is 10.1. The molecule has 0 aromatic heterocycles. The number of nitrogens with zero attached hydrogens (tertiary/aromatic N) is 1. The molecule has 2 rings (SSSR count). The van der Waals surface area contributed by atoms with Crippen LogP contribution in [-0.2, 0) is 20.7 Å². The van der Waals surface area contributed by atoms with Crippen LogP contribution >= 0.6 is 0 Å². The van der Waals surface area contributed by atoms with Gasteiger partial charge in [-0.2, -0.15) is 5.26 Å². The van der Waals surface area contributed by atoms with Crippen LogP contribution in [0.5, 0.6) is 0 Å². The Balaban J connectivity index is 2.03. The number of hydrogen-bond acceptors (Lipinski definition) is 4. The second-order valence-electron chi connectivity index (χ2n) is 5.04. The van der Waals surface area contributed by atoms with Gasteiger partial charge in [0.1, 0.15) is 6.04 Å². The number of nitrogens with one attached hydrogen (secondary N) is 1. The standard InChI is InChI=1S/C15H17N3O3/c16-8-11-3-1-2-10(6-11)7-13(14(17)19)18-15(20)12-4-5-21-9-12/h1-3,6,12-13H,4-5,7,9H2,(H2,17,19)(H,18,20)/t12-,13-/m0/s1. The van der Waals surface area contributed by atoms with Crippen LogP contribution < -0.4 is 11.1 Å². The number of benzene rings is 1. The van der Waals surface area contributed by atoms with Gasteiger partial charge in [0.25, 0.3) is 0 Å². The zero-order valence-corrected chi connectivity index (χ0v) is 11.5. The first-order valence-corrected chi connectivity index (χ1v) is 6.76. The summed E-state index contributed by atoms with van der Waals surface area (Å²) in [5.74, 6) is -1.03. The molecule has 6 nitrogen and oxygen atoms in total. The number of carbonyl (C=O) groups excluding carboxylic acids is 2. The SMILES string of the molecule is N#Cc1cccc(C[C@H](NC(=O)[C@H]2CCOC2)C(N)=O)c1. The number of amides is 2. The predicted molar refractivity (Wildman–Crippen MR) is 74.9 cm³/mol. The van der Waals surface area contributed by atoms with E-state index in [1.54, 1.807) is 24.3 Å². The van der Waals surface area contributed by atoms with Crippen molar-refractivity contribution in [1.82, 2.24) is 5.32 Å². The van der Waals surface area contributed by atoms with Crippen molar-refractivity contribution in [2.75, 3.05) is 13.2 Å². The van der Waals surface area contributed by atoms with Crippen molar-refractivity contribution in [3.63, 3.8) is 0 Å². The first-order valence-electron chi connectivity index (χ1n) is 6.76. The smallest absolute Gasteiger partial charge is 0.240 e. The Kier molecular flexibility index (Phi) is 4.90. The van der Waals surface area contributed by atoms with Gasteiger partial charge in [-0.3, -0.25) is 9.59 Å². The van der Waals surface area contributed by atoms with Crippen LogP contribution in [-0.4, -0.2) is 31.1 Å². The monoisotopic (exact) mass is 287 g/mol. The molecule has 0 aliphatic carbocycles. The largest absolute Gasteiger partial charge is 0.381 e. The summed E-state index contributed by atoms with van der Waals surface area (Å²) in [6.07, 6.45) is 0.922. The number of carbonyl (C=O) groups is 2. The van der Waals surface area contributed by atoms with Crippen LogP contribution in [0.4, 0.5) is 0 Å². The molecular formula is C15H17N3O3. The third-order valence-corrected chi connectivity index (χ3v) is 3.46. The maximum absolute atomic E-state index is 12.0. The Morgan fingerprint density at radius 3 is 2.95 bits per heavy atom. The zero-order chi connectivity index (χ0) is 15.2. The molecule has 3 N–H and O–H groups in total. The third-order valence-electron chi connectivity index (χ3n) is 3.46. The summed E-state index contributed by atoms with van der Waals surface area (Å²) in [6, 6.07) is 8.14. The van der Waals surface area contributed by atoms with E-state index in [2.05, 4.69) is 5.32 Å². The van der Waals surface area contributed by atoms with E-state index in [0.29, 0.717) is 25.2 Å². The Hall–Kier alpha value is -2.39. The fourth-order valence-corrected chi connectivity index (χ4v) is 2.26. The highest BCUT2D eigenvalue weighted by Gasteiger charge is 2.27. The second kappa shape index (κ2) is 6.86. The molecule has 1 fully saturated rings. The van der Waals surface area contributed by atoms with Crippen LogP contribution in [0.3, 0.4) is 0 Å². The van der Waals surface area contributed by atoms with Crippen molar-refractivity contribution in [3.05, 3.63) is 35.4 Å². The van der Waals surface area contributed by atoms with Crippen molar-refractivity contribution in [2.45, 2.75) is 18.9 Å². The molecule has 0 bridgehead atoms. The van der Waals surface area contributed by atoms with Crippen LogP contribution in [0.25, 0.3) is 0 Å². The molecule has 0 unspecified atom stereocenters. The van der Waals surface area contributed by atoms with Crippen molar-refractivity contribution in [2.24, 2.45) is 11.7 Å². The van der Waals surface area contributed by atoms with E-state index in [0.717, 1.165) is 5.56 Å². The fourth-order valence-electron chi connectivity index (χ4n) is 2.26. The third kappa shape index (κ3) is 4.04. The predicted octanol–water partition coefficient (Wildman–Crippen LogP) is 0.107. The van der Waals surface area contributed by atoms with E-state index in [1.165, 1.54) is 0 Å². The number of nitriles is 1. The molecule has 1 aromatic rings. The van der Waals surface area contributed by atoms with Crippen molar-refractivity contribution < 1.29 is 14.3 Å². The van der Waals surface area contributed by atoms with E-state index in [4.69, 9.17) is 15.7 Å². The van der Waals surface area contributed by atoms with Gasteiger partial charge in [0.2, 0.25) is 11.8 Å². The number of hydrogen-bond donors (Lipinski definition) is 2. The fraction of sp³-hybridized carbons (Fsp3) is 0.400. The lowest BCUT2D eigenvalue weighted by Crippen LogP contribution is -2.48. The average molecular weight is 287 g/mol. The maximum atomic E-state index is 12.0. The van der Waals surface area contributed by atoms with Crippen LogP contribution in [0, 0.1) is 17.2 Å². The lowest BCUT2D eigenvalue weighted by atomic mass is 10.0. The first kappa shape index (κ1) is 15.0. The summed E-state index contributed by atoms with van der Waals surface area (Å²) in [5.41, 5.74) is 6.64. The molecule has 0 spiro atoms. The summed E-state index contributed by atoms with van der Waals surface area (Å²) in [4.78, 5) is 23.5. The van der Waals surface area contributed by atoms with Gasteiger partial charge < -0.3 is 15.8 Å². The molecule has 110 valence electrons. The van der Waals surface area contributed by atoms with Gasteiger partial charge in [-0.15, -0.1) is 0 Å². The van der Waals surface area contributed by atoms with E-state index in [-0.39, 0.29) is 18.2 Å². The number of primary amides is 1. The Morgan fingerprint density at radius 1 is 1.52 bits per heavy atom. The zero-order valence-electron chi connectivity index (χ0n) is 11.5. The molecule has 0 saturated carbocycles. The Bertz CT molecular complexity index is 574. The lowest BCUT2D eigenvalue weighted by Gasteiger charge is -2.17. The van der Waals surface area contributed by atoms with Gasteiger partial charge in [0, 0.05) is 13.0 Å². The summed E-state index contributed by atoms with van der Waals surface area (Å²) in [6.45, 7) is 0.935.